The van der Waals surface area contributed by atoms with Gasteiger partial charge in [-0.05, 0) is 37.1 Å². The summed E-state index contributed by atoms with van der Waals surface area (Å²) < 4.78 is 5.14. The van der Waals surface area contributed by atoms with Gasteiger partial charge < -0.3 is 4.42 Å². The third-order valence-corrected chi connectivity index (χ3v) is 3.08. The summed E-state index contributed by atoms with van der Waals surface area (Å²) in [6.45, 7) is 2.17. The molecule has 0 spiro atoms. The molecule has 1 aromatic heterocycles. The standard InChI is InChI=1S/C15H16ClNO2/c1-2-3-4-5-6-7-14-17-13-9-8-11(16)10-12(13)15(18)19-14/h6-10H,2-5H2,1H3. The van der Waals surface area contributed by atoms with Gasteiger partial charge in [0.05, 0.1) is 10.9 Å². The van der Waals surface area contributed by atoms with Crippen LogP contribution in [-0.4, -0.2) is 4.98 Å². The van der Waals surface area contributed by atoms with Gasteiger partial charge in [0.2, 0.25) is 5.89 Å². The number of halogens is 1. The normalized spacial score (nSPS) is 11.5. The molecule has 1 heterocycles. The molecule has 0 aliphatic heterocycles. The molecule has 100 valence electrons. The minimum Gasteiger partial charge on any atom is -0.404 e. The zero-order valence-electron chi connectivity index (χ0n) is 10.9. The van der Waals surface area contributed by atoms with Crippen LogP contribution in [-0.2, 0) is 0 Å². The number of benzene rings is 1. The van der Waals surface area contributed by atoms with Crippen molar-refractivity contribution in [3.05, 3.63) is 45.6 Å². The Morgan fingerprint density at radius 3 is 3.00 bits per heavy atom. The molecule has 0 unspecified atom stereocenters. The number of hydrogen-bond donors (Lipinski definition) is 0. The SMILES string of the molecule is CCCCCC=Cc1nc2ccc(Cl)cc2c(=O)o1. The highest BCUT2D eigenvalue weighted by atomic mass is 35.5. The molecule has 0 fully saturated rings. The second-order valence-corrected chi connectivity index (χ2v) is 4.84. The predicted molar refractivity (Wildman–Crippen MR) is 78.5 cm³/mol. The van der Waals surface area contributed by atoms with Gasteiger partial charge in [-0.25, -0.2) is 9.78 Å². The first-order valence-corrected chi connectivity index (χ1v) is 6.85. The van der Waals surface area contributed by atoms with Gasteiger partial charge in [0.15, 0.2) is 0 Å². The van der Waals surface area contributed by atoms with Crippen molar-refractivity contribution in [3.8, 4) is 0 Å². The van der Waals surface area contributed by atoms with E-state index in [9.17, 15) is 4.79 Å². The van der Waals surface area contributed by atoms with Gasteiger partial charge in [-0.1, -0.05) is 37.4 Å². The molecule has 1 aromatic carbocycles. The van der Waals surface area contributed by atoms with Crippen LogP contribution in [0.1, 0.15) is 38.5 Å². The second-order valence-electron chi connectivity index (χ2n) is 4.40. The van der Waals surface area contributed by atoms with Crippen molar-refractivity contribution in [1.82, 2.24) is 4.98 Å². The molecule has 19 heavy (non-hydrogen) atoms. The van der Waals surface area contributed by atoms with Crippen LogP contribution in [0.2, 0.25) is 5.02 Å². The third-order valence-electron chi connectivity index (χ3n) is 2.84. The maximum absolute atomic E-state index is 11.8. The average molecular weight is 278 g/mol. The Morgan fingerprint density at radius 2 is 2.21 bits per heavy atom. The van der Waals surface area contributed by atoms with Crippen molar-refractivity contribution in [2.75, 3.05) is 0 Å². The molecule has 2 rings (SSSR count). The summed E-state index contributed by atoms with van der Waals surface area (Å²) in [6, 6.07) is 5.01. The smallest absolute Gasteiger partial charge is 0.347 e. The number of nitrogens with zero attached hydrogens (tertiary/aromatic N) is 1. The summed E-state index contributed by atoms with van der Waals surface area (Å²) in [5.41, 5.74) is 0.203. The van der Waals surface area contributed by atoms with E-state index in [0.717, 1.165) is 12.8 Å². The molecule has 4 heteroatoms. The number of aromatic nitrogens is 1. The van der Waals surface area contributed by atoms with E-state index in [-0.39, 0.29) is 0 Å². The first-order chi connectivity index (χ1) is 9.20. The van der Waals surface area contributed by atoms with E-state index < -0.39 is 5.63 Å². The molecule has 0 saturated carbocycles. The van der Waals surface area contributed by atoms with Crippen molar-refractivity contribution in [2.24, 2.45) is 0 Å². The van der Waals surface area contributed by atoms with Crippen LogP contribution in [0, 0.1) is 0 Å². The third kappa shape index (κ3) is 3.67. The molecule has 2 aromatic rings. The van der Waals surface area contributed by atoms with Gasteiger partial charge >= 0.3 is 5.63 Å². The monoisotopic (exact) mass is 277 g/mol. The topological polar surface area (TPSA) is 43.1 Å². The van der Waals surface area contributed by atoms with E-state index in [2.05, 4.69) is 11.9 Å². The molecule has 0 atom stereocenters. The van der Waals surface area contributed by atoms with Crippen LogP contribution in [0.3, 0.4) is 0 Å². The Hall–Kier alpha value is -1.61. The number of rotatable bonds is 5. The van der Waals surface area contributed by atoms with Gasteiger partial charge in [-0.3, -0.25) is 0 Å². The summed E-state index contributed by atoms with van der Waals surface area (Å²) in [6.07, 6.45) is 8.25. The molecular formula is C15H16ClNO2. The Bertz CT molecular complexity index is 646. The largest absolute Gasteiger partial charge is 0.404 e. The zero-order valence-corrected chi connectivity index (χ0v) is 11.6. The van der Waals surface area contributed by atoms with Crippen LogP contribution < -0.4 is 5.63 Å². The van der Waals surface area contributed by atoms with Crippen molar-refractivity contribution in [2.45, 2.75) is 32.6 Å². The molecule has 3 nitrogen and oxygen atoms in total. The first-order valence-electron chi connectivity index (χ1n) is 6.47. The van der Waals surface area contributed by atoms with Crippen LogP contribution in [0.5, 0.6) is 0 Å². The Morgan fingerprint density at radius 1 is 1.37 bits per heavy atom. The average Bonchev–Trinajstić information content (AvgIpc) is 2.39. The van der Waals surface area contributed by atoms with Crippen molar-refractivity contribution in [3.63, 3.8) is 0 Å². The summed E-state index contributed by atoms with van der Waals surface area (Å²) in [4.78, 5) is 16.1. The maximum atomic E-state index is 11.8. The first kappa shape index (κ1) is 13.8. The maximum Gasteiger partial charge on any atom is 0.347 e. The van der Waals surface area contributed by atoms with Gasteiger partial charge in [0, 0.05) is 5.02 Å². The lowest BCUT2D eigenvalue weighted by Crippen LogP contribution is -2.02. The fraction of sp³-hybridized carbons (Fsp3) is 0.333. The van der Waals surface area contributed by atoms with E-state index in [0.29, 0.717) is 21.8 Å². The Kier molecular flexibility index (Phi) is 4.74. The Balaban J connectivity index is 2.21. The molecule has 0 aliphatic rings. The van der Waals surface area contributed by atoms with Crippen LogP contribution in [0.4, 0.5) is 0 Å². The van der Waals surface area contributed by atoms with E-state index in [1.807, 2.05) is 6.08 Å². The second kappa shape index (κ2) is 6.53. The molecule has 0 amide bonds. The minimum atomic E-state index is -0.402. The lowest BCUT2D eigenvalue weighted by Gasteiger charge is -1.98. The molecule has 0 aliphatic carbocycles. The fourth-order valence-electron chi connectivity index (χ4n) is 1.83. The van der Waals surface area contributed by atoms with E-state index >= 15 is 0 Å². The number of unbranched alkanes of at least 4 members (excludes halogenated alkanes) is 3. The number of hydrogen-bond acceptors (Lipinski definition) is 3. The van der Waals surface area contributed by atoms with Crippen molar-refractivity contribution >= 4 is 28.6 Å². The summed E-state index contributed by atoms with van der Waals surface area (Å²) in [5.74, 6) is 0.344. The predicted octanol–water partition coefficient (Wildman–Crippen LogP) is 4.43. The van der Waals surface area contributed by atoms with Gasteiger partial charge in [-0.2, -0.15) is 0 Å². The summed E-state index contributed by atoms with van der Waals surface area (Å²) in [5, 5.41) is 0.917. The number of fused-ring (bicyclic) bond motifs is 1. The highest BCUT2D eigenvalue weighted by molar-refractivity contribution is 6.31. The number of allylic oxidation sites excluding steroid dienone is 1. The van der Waals surface area contributed by atoms with Crippen LogP contribution in [0.25, 0.3) is 17.0 Å². The molecular weight excluding hydrogens is 262 g/mol. The van der Waals surface area contributed by atoms with Crippen LogP contribution in [0.15, 0.2) is 33.5 Å². The minimum absolute atomic E-state index is 0.344. The van der Waals surface area contributed by atoms with Crippen LogP contribution >= 0.6 is 11.6 Å². The Labute approximate surface area is 116 Å². The highest BCUT2D eigenvalue weighted by Crippen LogP contribution is 2.15. The van der Waals surface area contributed by atoms with Gasteiger partial charge in [0.1, 0.15) is 0 Å². The fourth-order valence-corrected chi connectivity index (χ4v) is 2.00. The summed E-state index contributed by atoms with van der Waals surface area (Å²) in [7, 11) is 0. The van der Waals surface area contributed by atoms with Gasteiger partial charge in [0.25, 0.3) is 0 Å². The van der Waals surface area contributed by atoms with Gasteiger partial charge in [-0.15, -0.1) is 0 Å². The van der Waals surface area contributed by atoms with E-state index in [1.54, 1.807) is 24.3 Å². The van der Waals surface area contributed by atoms with E-state index in [1.165, 1.54) is 12.8 Å². The van der Waals surface area contributed by atoms with Crippen molar-refractivity contribution in [1.29, 1.82) is 0 Å². The molecule has 0 saturated heterocycles. The van der Waals surface area contributed by atoms with E-state index in [4.69, 9.17) is 16.0 Å². The molecule has 0 bridgehead atoms. The summed E-state index contributed by atoms with van der Waals surface area (Å²) >= 11 is 5.84. The quantitative estimate of drug-likeness (QED) is 0.759. The highest BCUT2D eigenvalue weighted by Gasteiger charge is 2.04. The van der Waals surface area contributed by atoms with Crippen molar-refractivity contribution < 1.29 is 4.42 Å². The molecule has 0 N–H and O–H groups in total. The zero-order chi connectivity index (χ0) is 13.7. The molecule has 0 radical (unpaired) electrons. The lowest BCUT2D eigenvalue weighted by molar-refractivity contribution is 0.490. The lowest BCUT2D eigenvalue weighted by atomic mass is 10.2.